The Kier molecular flexibility index (Phi) is 5.92. The molecule has 8 nitrogen and oxygen atoms in total. The van der Waals surface area contributed by atoms with Gasteiger partial charge in [-0.3, -0.25) is 4.79 Å². The number of carbonyl (C=O) groups excluding carboxylic acids is 1. The summed E-state index contributed by atoms with van der Waals surface area (Å²) < 4.78 is 5.87. The van der Waals surface area contributed by atoms with Gasteiger partial charge in [0.25, 0.3) is 0 Å². The summed E-state index contributed by atoms with van der Waals surface area (Å²) in [6.45, 7) is 5.88. The number of hydrogen-bond donors (Lipinski definition) is 3. The molecule has 0 fully saturated rings. The average molecular weight is 408 g/mol. The van der Waals surface area contributed by atoms with Crippen molar-refractivity contribution in [3.05, 3.63) is 41.6 Å². The third kappa shape index (κ3) is 4.69. The number of anilines is 1. The molecule has 0 spiro atoms. The highest BCUT2D eigenvalue weighted by Gasteiger charge is 2.29. The molecule has 1 aromatic carbocycles. The Balaban J connectivity index is 1.85. The highest BCUT2D eigenvalue weighted by atomic mass is 16.5. The monoisotopic (exact) mass is 408 g/mol. The van der Waals surface area contributed by atoms with Crippen LogP contribution in [-0.2, 0) is 11.2 Å². The second-order valence-corrected chi connectivity index (χ2v) is 8.11. The van der Waals surface area contributed by atoms with Crippen LogP contribution in [0.3, 0.4) is 0 Å². The molecule has 30 heavy (non-hydrogen) atoms. The first-order chi connectivity index (χ1) is 14.2. The molecule has 156 valence electrons. The number of carboxylic acid groups (broad SMARTS) is 1. The number of hydrogen-bond acceptors (Lipinski definition) is 5. The molecule has 3 rings (SSSR count). The fourth-order valence-corrected chi connectivity index (χ4v) is 3.84. The zero-order chi connectivity index (χ0) is 21.9. The topological polar surface area (TPSA) is 124 Å². The molecular weight excluding hydrogens is 384 g/mol. The van der Waals surface area contributed by atoms with Gasteiger partial charge in [-0.2, -0.15) is 5.26 Å². The summed E-state index contributed by atoms with van der Waals surface area (Å²) in [6.07, 6.45) is 1.33. The van der Waals surface area contributed by atoms with Gasteiger partial charge in [-0.05, 0) is 48.6 Å². The van der Waals surface area contributed by atoms with Crippen LogP contribution in [0.25, 0.3) is 11.1 Å². The summed E-state index contributed by atoms with van der Waals surface area (Å²) in [5.74, 6) is 1.07. The number of nitrogens with zero attached hydrogens (tertiary/aromatic N) is 2. The van der Waals surface area contributed by atoms with Crippen LogP contribution in [-0.4, -0.2) is 34.2 Å². The molecule has 1 unspecified atom stereocenters. The first kappa shape index (κ1) is 21.1. The Hall–Kier alpha value is -3.60. The molecule has 0 bridgehead atoms. The Labute approximate surface area is 174 Å². The molecule has 0 saturated carbocycles. The van der Waals surface area contributed by atoms with Gasteiger partial charge in [0.1, 0.15) is 24.2 Å². The Morgan fingerprint density at radius 2 is 2.20 bits per heavy atom. The van der Waals surface area contributed by atoms with Crippen LogP contribution >= 0.6 is 0 Å². The minimum atomic E-state index is -1.12. The second-order valence-electron chi connectivity index (χ2n) is 8.11. The molecule has 0 aliphatic carbocycles. The van der Waals surface area contributed by atoms with E-state index >= 15 is 0 Å². The summed E-state index contributed by atoms with van der Waals surface area (Å²) in [5.41, 5.74) is 1.96. The highest BCUT2D eigenvalue weighted by molar-refractivity contribution is 6.00. The van der Waals surface area contributed by atoms with E-state index in [0.717, 1.165) is 16.7 Å². The van der Waals surface area contributed by atoms with Gasteiger partial charge in [-0.25, -0.2) is 9.78 Å². The van der Waals surface area contributed by atoms with Gasteiger partial charge in [0.2, 0.25) is 5.91 Å². The lowest BCUT2D eigenvalue weighted by molar-refractivity contribution is -0.115. The van der Waals surface area contributed by atoms with Crippen LogP contribution in [0.2, 0.25) is 0 Å². The van der Waals surface area contributed by atoms with Gasteiger partial charge in [0.15, 0.2) is 0 Å². The minimum absolute atomic E-state index is 0.0918. The minimum Gasteiger partial charge on any atom is -0.490 e. The number of nitriles is 1. The van der Waals surface area contributed by atoms with Gasteiger partial charge in [0.05, 0.1) is 17.5 Å². The Bertz CT molecular complexity index is 1030. The summed E-state index contributed by atoms with van der Waals surface area (Å²) in [6, 6.07) is 9.17. The third-order valence-electron chi connectivity index (χ3n) is 4.88. The zero-order valence-corrected chi connectivity index (χ0v) is 17.2. The van der Waals surface area contributed by atoms with Crippen molar-refractivity contribution in [3.8, 4) is 22.9 Å². The molecule has 2 heterocycles. The molecule has 1 aliphatic rings. The summed E-state index contributed by atoms with van der Waals surface area (Å²) in [7, 11) is 0. The van der Waals surface area contributed by atoms with E-state index in [-0.39, 0.29) is 24.9 Å². The van der Waals surface area contributed by atoms with E-state index in [1.54, 1.807) is 25.3 Å². The molecular formula is C22H24N4O4. The van der Waals surface area contributed by atoms with Gasteiger partial charge in [-0.1, -0.05) is 19.9 Å². The third-order valence-corrected chi connectivity index (χ3v) is 4.88. The van der Waals surface area contributed by atoms with Crippen molar-refractivity contribution in [1.29, 1.82) is 5.26 Å². The van der Waals surface area contributed by atoms with Crippen molar-refractivity contribution in [2.75, 3.05) is 11.9 Å². The molecule has 1 aliphatic heterocycles. The maximum atomic E-state index is 11.7. The van der Waals surface area contributed by atoms with Crippen molar-refractivity contribution in [1.82, 2.24) is 10.3 Å². The maximum Gasteiger partial charge on any atom is 0.405 e. The fourth-order valence-electron chi connectivity index (χ4n) is 3.84. The van der Waals surface area contributed by atoms with Crippen LogP contribution in [0.1, 0.15) is 38.3 Å². The lowest BCUT2D eigenvalue weighted by Gasteiger charge is -2.31. The number of pyridine rings is 1. The first-order valence-corrected chi connectivity index (χ1v) is 9.67. The van der Waals surface area contributed by atoms with Gasteiger partial charge < -0.3 is 20.5 Å². The van der Waals surface area contributed by atoms with E-state index < -0.39 is 11.6 Å². The predicted octanol–water partition coefficient (Wildman–Crippen LogP) is 3.57. The molecule has 3 N–H and O–H groups in total. The smallest absolute Gasteiger partial charge is 0.405 e. The van der Waals surface area contributed by atoms with Crippen molar-refractivity contribution in [2.24, 2.45) is 5.92 Å². The molecule has 1 atom stereocenters. The number of ether oxygens (including phenoxy) is 1. The number of carbonyl (C=O) groups is 2. The molecule has 0 radical (unpaired) electrons. The van der Waals surface area contributed by atoms with Crippen molar-refractivity contribution < 1.29 is 19.4 Å². The quantitative estimate of drug-likeness (QED) is 0.643. The lowest BCUT2D eigenvalue weighted by atomic mass is 9.91. The zero-order valence-electron chi connectivity index (χ0n) is 17.2. The number of rotatable bonds is 7. The van der Waals surface area contributed by atoms with Crippen LogP contribution in [0.4, 0.5) is 10.6 Å². The van der Waals surface area contributed by atoms with Crippen LogP contribution in [0, 0.1) is 17.2 Å². The number of aromatic nitrogens is 1. The van der Waals surface area contributed by atoms with Crippen LogP contribution in [0.5, 0.6) is 5.75 Å². The molecule has 2 amide bonds. The largest absolute Gasteiger partial charge is 0.490 e. The second kappa shape index (κ2) is 8.41. The molecule has 8 heteroatoms. The van der Waals surface area contributed by atoms with Crippen molar-refractivity contribution >= 4 is 17.8 Å². The van der Waals surface area contributed by atoms with Crippen molar-refractivity contribution in [3.63, 3.8) is 0 Å². The van der Waals surface area contributed by atoms with E-state index in [2.05, 4.69) is 21.7 Å². The highest BCUT2D eigenvalue weighted by Crippen LogP contribution is 2.34. The van der Waals surface area contributed by atoms with Crippen molar-refractivity contribution in [2.45, 2.75) is 39.2 Å². The summed E-state index contributed by atoms with van der Waals surface area (Å²) in [4.78, 5) is 27.1. The van der Waals surface area contributed by atoms with Gasteiger partial charge in [0, 0.05) is 11.8 Å². The Morgan fingerprint density at radius 3 is 2.87 bits per heavy atom. The number of nitrogens with one attached hydrogen (secondary N) is 2. The number of benzene rings is 1. The normalized spacial score (nSPS) is 14.4. The van der Waals surface area contributed by atoms with E-state index in [9.17, 15) is 14.9 Å². The maximum absolute atomic E-state index is 11.7. The Morgan fingerprint density at radius 1 is 1.43 bits per heavy atom. The van der Waals surface area contributed by atoms with Crippen LogP contribution < -0.4 is 15.4 Å². The SMILES string of the molecule is CC(C)CC(C)(COc1ccc(-c2ccnc3c2CC(=O)N3)cc1C#N)NC(=O)O. The molecule has 2 aromatic rings. The number of fused-ring (bicyclic) bond motifs is 1. The predicted molar refractivity (Wildman–Crippen MR) is 111 cm³/mol. The van der Waals surface area contributed by atoms with E-state index in [0.29, 0.717) is 23.6 Å². The van der Waals surface area contributed by atoms with Gasteiger partial charge in [-0.15, -0.1) is 0 Å². The first-order valence-electron chi connectivity index (χ1n) is 9.67. The van der Waals surface area contributed by atoms with Crippen LogP contribution in [0.15, 0.2) is 30.5 Å². The molecule has 1 aromatic heterocycles. The van der Waals surface area contributed by atoms with E-state index in [1.807, 2.05) is 26.0 Å². The number of amides is 2. The average Bonchev–Trinajstić information content (AvgIpc) is 3.05. The van der Waals surface area contributed by atoms with Gasteiger partial charge >= 0.3 is 6.09 Å². The lowest BCUT2D eigenvalue weighted by Crippen LogP contribution is -2.50. The summed E-state index contributed by atoms with van der Waals surface area (Å²) >= 11 is 0. The fraction of sp³-hybridized carbons (Fsp3) is 0.364. The molecule has 0 saturated heterocycles. The standard InChI is InChI=1S/C22H24N4O4/c1-13(2)10-22(3,26-21(28)29)12-30-18-5-4-14(8-15(18)11-23)16-6-7-24-20-17(16)9-19(27)25-20/h4-8,13,26H,9-10,12H2,1-3H3,(H,28,29)(H,24,25,27). The summed E-state index contributed by atoms with van der Waals surface area (Å²) in [5, 5.41) is 24.0. The van der Waals surface area contributed by atoms with E-state index in [4.69, 9.17) is 9.84 Å². The van der Waals surface area contributed by atoms with E-state index in [1.165, 1.54) is 0 Å².